The Kier molecular flexibility index (Phi) is 4.20. The number of likely N-dealkylation sites (tertiary alicyclic amines) is 1. The fourth-order valence-corrected chi connectivity index (χ4v) is 3.46. The summed E-state index contributed by atoms with van der Waals surface area (Å²) >= 11 is 0. The summed E-state index contributed by atoms with van der Waals surface area (Å²) in [6.07, 6.45) is 3.40. The summed E-state index contributed by atoms with van der Waals surface area (Å²) < 4.78 is 2.04. The van der Waals surface area contributed by atoms with Crippen molar-refractivity contribution in [2.45, 2.75) is 31.5 Å². The lowest BCUT2D eigenvalue weighted by atomic mass is 9.92. The molecular weight excluding hydrogens is 282 g/mol. The van der Waals surface area contributed by atoms with Crippen molar-refractivity contribution in [3.05, 3.63) is 17.7 Å². The number of imidazole rings is 1. The summed E-state index contributed by atoms with van der Waals surface area (Å²) in [4.78, 5) is 20.9. The second-order valence-corrected chi connectivity index (χ2v) is 6.70. The van der Waals surface area contributed by atoms with Gasteiger partial charge in [0.1, 0.15) is 11.5 Å². The molecule has 0 radical (unpaired) electrons. The van der Waals surface area contributed by atoms with Crippen LogP contribution in [-0.4, -0.2) is 76.2 Å². The van der Waals surface area contributed by atoms with Crippen molar-refractivity contribution in [3.63, 3.8) is 0 Å². The highest BCUT2D eigenvalue weighted by molar-refractivity contribution is 5.92. The lowest BCUT2D eigenvalue weighted by Crippen LogP contribution is -2.54. The fourth-order valence-electron chi connectivity index (χ4n) is 3.46. The van der Waals surface area contributed by atoms with E-state index in [4.69, 9.17) is 0 Å². The highest BCUT2D eigenvalue weighted by atomic mass is 16.3. The van der Waals surface area contributed by atoms with Crippen LogP contribution in [0, 0.1) is 0 Å². The number of aliphatic hydroxyl groups is 1. The van der Waals surface area contributed by atoms with E-state index in [0.29, 0.717) is 31.9 Å². The number of hydrogen-bond acceptors (Lipinski definition) is 5. The number of likely N-dealkylation sites (N-methyl/N-ethyl adjacent to an activating group) is 1. The van der Waals surface area contributed by atoms with Crippen molar-refractivity contribution in [3.8, 4) is 0 Å². The van der Waals surface area contributed by atoms with Gasteiger partial charge in [-0.25, -0.2) is 4.98 Å². The summed E-state index contributed by atoms with van der Waals surface area (Å²) in [7, 11) is 3.88. The molecule has 0 bridgehead atoms. The molecular formula is C15H25N5O2. The zero-order chi connectivity index (χ0) is 15.7. The molecule has 0 aromatic carbocycles. The number of rotatable bonds is 3. The number of piperidine rings is 1. The van der Waals surface area contributed by atoms with Crippen molar-refractivity contribution in [1.29, 1.82) is 0 Å². The molecule has 1 aromatic rings. The lowest BCUT2D eigenvalue weighted by molar-refractivity contribution is -0.0392. The average molecular weight is 307 g/mol. The Morgan fingerprint density at radius 2 is 2.32 bits per heavy atom. The number of aromatic nitrogens is 2. The Morgan fingerprint density at radius 3 is 3.05 bits per heavy atom. The molecule has 3 rings (SSSR count). The third-order valence-corrected chi connectivity index (χ3v) is 4.34. The smallest absolute Gasteiger partial charge is 0.274 e. The van der Waals surface area contributed by atoms with Crippen LogP contribution < -0.4 is 5.32 Å². The van der Waals surface area contributed by atoms with Crippen LogP contribution in [0.4, 0.5) is 0 Å². The van der Waals surface area contributed by atoms with Crippen LogP contribution in [0.25, 0.3) is 0 Å². The van der Waals surface area contributed by atoms with Crippen LogP contribution in [0.3, 0.4) is 0 Å². The normalized spacial score (nSPS) is 25.4. The maximum Gasteiger partial charge on any atom is 0.274 e. The van der Waals surface area contributed by atoms with Gasteiger partial charge in [0.2, 0.25) is 0 Å². The predicted octanol–water partition coefficient (Wildman–Crippen LogP) is -0.485. The summed E-state index contributed by atoms with van der Waals surface area (Å²) in [5.74, 6) is 0.842. The Bertz CT molecular complexity index is 533. The van der Waals surface area contributed by atoms with Gasteiger partial charge in [-0.1, -0.05) is 0 Å². The standard InChI is InChI=1S/C15H25N5O2/c1-18(2)10-15(22)4-3-6-20(11-15)14(21)12-9-19-7-5-16-8-13(19)17-12/h9,16,22H,3-8,10-11H2,1-2H3. The van der Waals surface area contributed by atoms with Crippen LogP contribution in [0.2, 0.25) is 0 Å². The second-order valence-electron chi connectivity index (χ2n) is 6.70. The SMILES string of the molecule is CN(C)CC1(O)CCCN(C(=O)c2cn3c(n2)CNCC3)C1. The predicted molar refractivity (Wildman–Crippen MR) is 82.6 cm³/mol. The van der Waals surface area contributed by atoms with Crippen LogP contribution in [0.1, 0.15) is 29.2 Å². The molecule has 1 unspecified atom stereocenters. The van der Waals surface area contributed by atoms with Crippen LogP contribution in [0.5, 0.6) is 0 Å². The molecule has 7 heteroatoms. The lowest BCUT2D eigenvalue weighted by Gasteiger charge is -2.40. The first-order valence-electron chi connectivity index (χ1n) is 7.90. The van der Waals surface area contributed by atoms with Gasteiger partial charge < -0.3 is 24.8 Å². The number of fused-ring (bicyclic) bond motifs is 1. The summed E-state index contributed by atoms with van der Waals surface area (Å²) in [6.45, 7) is 4.10. The number of β-amino-alcohol motifs (C(OH)–C–C–N with tert-alkyl or cyclic N) is 1. The Morgan fingerprint density at radius 1 is 1.50 bits per heavy atom. The Labute approximate surface area is 130 Å². The highest BCUT2D eigenvalue weighted by Crippen LogP contribution is 2.23. The minimum Gasteiger partial charge on any atom is -0.387 e. The summed E-state index contributed by atoms with van der Waals surface area (Å²) in [6, 6.07) is 0. The molecule has 1 aromatic heterocycles. The van der Waals surface area contributed by atoms with E-state index in [0.717, 1.165) is 31.8 Å². The summed E-state index contributed by atoms with van der Waals surface area (Å²) in [5, 5.41) is 14.0. The average Bonchev–Trinajstić information content (AvgIpc) is 2.89. The first-order valence-corrected chi connectivity index (χ1v) is 7.90. The van der Waals surface area contributed by atoms with Gasteiger partial charge in [0.25, 0.3) is 5.91 Å². The highest BCUT2D eigenvalue weighted by Gasteiger charge is 2.36. The third-order valence-electron chi connectivity index (χ3n) is 4.34. The molecule has 2 N–H and O–H groups in total. The molecule has 122 valence electrons. The second kappa shape index (κ2) is 5.98. The van der Waals surface area contributed by atoms with E-state index in [-0.39, 0.29) is 5.91 Å². The van der Waals surface area contributed by atoms with Crippen LogP contribution >= 0.6 is 0 Å². The van der Waals surface area contributed by atoms with Gasteiger partial charge in [0.15, 0.2) is 0 Å². The third kappa shape index (κ3) is 3.16. The van der Waals surface area contributed by atoms with Gasteiger partial charge in [0, 0.05) is 32.4 Å². The summed E-state index contributed by atoms with van der Waals surface area (Å²) in [5.41, 5.74) is -0.328. The quantitative estimate of drug-likeness (QED) is 0.789. The minimum absolute atomic E-state index is 0.0706. The fraction of sp³-hybridized carbons (Fsp3) is 0.733. The van der Waals surface area contributed by atoms with E-state index in [1.807, 2.05) is 29.8 Å². The number of carbonyl (C=O) groups excluding carboxylic acids is 1. The number of carbonyl (C=O) groups is 1. The maximum absolute atomic E-state index is 12.7. The first-order chi connectivity index (χ1) is 10.5. The van der Waals surface area contributed by atoms with E-state index in [1.165, 1.54) is 0 Å². The Hall–Kier alpha value is -1.44. The van der Waals surface area contributed by atoms with Crippen molar-refractivity contribution >= 4 is 5.91 Å². The molecule has 1 saturated heterocycles. The largest absolute Gasteiger partial charge is 0.387 e. The van der Waals surface area contributed by atoms with Crippen molar-refractivity contribution in [2.24, 2.45) is 0 Å². The van der Waals surface area contributed by atoms with E-state index < -0.39 is 5.60 Å². The van der Waals surface area contributed by atoms with Gasteiger partial charge in [-0.15, -0.1) is 0 Å². The molecule has 1 fully saturated rings. The first kappa shape index (κ1) is 15.5. The molecule has 0 spiro atoms. The number of nitrogens with one attached hydrogen (secondary N) is 1. The zero-order valence-corrected chi connectivity index (χ0v) is 13.4. The van der Waals surface area contributed by atoms with Crippen LogP contribution in [0.15, 0.2) is 6.20 Å². The molecule has 2 aliphatic heterocycles. The van der Waals surface area contributed by atoms with E-state index >= 15 is 0 Å². The van der Waals surface area contributed by atoms with Gasteiger partial charge in [0.05, 0.1) is 18.7 Å². The maximum atomic E-state index is 12.7. The van der Waals surface area contributed by atoms with Crippen molar-refractivity contribution in [1.82, 2.24) is 24.7 Å². The van der Waals surface area contributed by atoms with Gasteiger partial charge in [-0.05, 0) is 26.9 Å². The van der Waals surface area contributed by atoms with Crippen LogP contribution in [-0.2, 0) is 13.1 Å². The molecule has 0 saturated carbocycles. The zero-order valence-electron chi connectivity index (χ0n) is 13.4. The molecule has 22 heavy (non-hydrogen) atoms. The Balaban J connectivity index is 1.73. The number of amides is 1. The van der Waals surface area contributed by atoms with Gasteiger partial charge in [-0.3, -0.25) is 4.79 Å². The molecule has 7 nitrogen and oxygen atoms in total. The number of nitrogens with zero attached hydrogens (tertiary/aromatic N) is 4. The number of hydrogen-bond donors (Lipinski definition) is 2. The van der Waals surface area contributed by atoms with E-state index in [9.17, 15) is 9.90 Å². The molecule has 0 aliphatic carbocycles. The molecule has 1 atom stereocenters. The minimum atomic E-state index is -0.821. The monoisotopic (exact) mass is 307 g/mol. The topological polar surface area (TPSA) is 73.6 Å². The molecule has 3 heterocycles. The van der Waals surface area contributed by atoms with E-state index in [1.54, 1.807) is 4.90 Å². The van der Waals surface area contributed by atoms with Crippen molar-refractivity contribution in [2.75, 3.05) is 40.3 Å². The molecule has 1 amide bonds. The van der Waals surface area contributed by atoms with Gasteiger partial charge in [-0.2, -0.15) is 0 Å². The van der Waals surface area contributed by atoms with Crippen molar-refractivity contribution < 1.29 is 9.90 Å². The van der Waals surface area contributed by atoms with Gasteiger partial charge >= 0.3 is 0 Å². The molecule has 2 aliphatic rings. The van der Waals surface area contributed by atoms with E-state index in [2.05, 4.69) is 10.3 Å².